The third-order valence-electron chi connectivity index (χ3n) is 3.19. The van der Waals surface area contributed by atoms with Gasteiger partial charge < -0.3 is 20.5 Å². The highest BCUT2D eigenvalue weighted by Crippen LogP contribution is 2.37. The molecule has 1 amide bonds. The molecule has 1 aliphatic heterocycles. The minimum absolute atomic E-state index is 0.0923. The largest absolute Gasteiger partial charge is 0.482 e. The second kappa shape index (κ2) is 5.84. The SMILES string of the molecule is NC(c1ccc2c(c1)N(CCC(=O)O)C(=O)CO2)C(F)(F)F. The summed E-state index contributed by atoms with van der Waals surface area (Å²) in [5, 5.41) is 8.69. The van der Waals surface area contributed by atoms with Crippen molar-refractivity contribution in [3.8, 4) is 5.75 Å². The van der Waals surface area contributed by atoms with E-state index in [4.69, 9.17) is 15.6 Å². The summed E-state index contributed by atoms with van der Waals surface area (Å²) in [7, 11) is 0. The van der Waals surface area contributed by atoms with E-state index < -0.39 is 24.1 Å². The van der Waals surface area contributed by atoms with Crippen LogP contribution in [0.4, 0.5) is 18.9 Å². The number of rotatable bonds is 4. The number of carboxylic acids is 1. The number of benzene rings is 1. The van der Waals surface area contributed by atoms with Gasteiger partial charge in [0.1, 0.15) is 11.8 Å². The average molecular weight is 318 g/mol. The molecule has 0 fully saturated rings. The van der Waals surface area contributed by atoms with Crippen LogP contribution < -0.4 is 15.4 Å². The first-order chi connectivity index (χ1) is 10.2. The highest BCUT2D eigenvalue weighted by atomic mass is 19.4. The van der Waals surface area contributed by atoms with Crippen LogP contribution in [0, 0.1) is 0 Å². The van der Waals surface area contributed by atoms with Crippen molar-refractivity contribution < 1.29 is 32.6 Å². The van der Waals surface area contributed by atoms with Crippen molar-refractivity contribution in [2.24, 2.45) is 5.73 Å². The molecule has 0 saturated heterocycles. The van der Waals surface area contributed by atoms with Gasteiger partial charge in [-0.3, -0.25) is 9.59 Å². The lowest BCUT2D eigenvalue weighted by Gasteiger charge is -2.30. The Labute approximate surface area is 123 Å². The molecule has 0 saturated carbocycles. The van der Waals surface area contributed by atoms with Gasteiger partial charge in [-0.25, -0.2) is 0 Å². The van der Waals surface area contributed by atoms with Gasteiger partial charge >= 0.3 is 12.1 Å². The number of ether oxygens (including phenoxy) is 1. The number of carbonyl (C=O) groups excluding carboxylic acids is 1. The van der Waals surface area contributed by atoms with Gasteiger partial charge in [-0.2, -0.15) is 13.2 Å². The number of hydrogen-bond acceptors (Lipinski definition) is 4. The zero-order chi connectivity index (χ0) is 16.5. The fourth-order valence-electron chi connectivity index (χ4n) is 2.05. The van der Waals surface area contributed by atoms with Crippen LogP contribution >= 0.6 is 0 Å². The van der Waals surface area contributed by atoms with Gasteiger partial charge in [0.05, 0.1) is 12.1 Å². The van der Waals surface area contributed by atoms with E-state index >= 15 is 0 Å². The Morgan fingerprint density at radius 2 is 2.14 bits per heavy atom. The third-order valence-corrected chi connectivity index (χ3v) is 3.19. The van der Waals surface area contributed by atoms with Crippen LogP contribution in [0.5, 0.6) is 5.75 Å². The standard InChI is InChI=1S/C13H13F3N2O4/c14-13(15,16)12(17)7-1-2-9-8(5-7)18(4-3-11(20)21)10(19)6-22-9/h1-2,5,12H,3-4,6,17H2,(H,20,21). The van der Waals surface area contributed by atoms with E-state index in [9.17, 15) is 22.8 Å². The van der Waals surface area contributed by atoms with Crippen molar-refractivity contribution in [3.05, 3.63) is 23.8 Å². The molecule has 2 rings (SSSR count). The monoisotopic (exact) mass is 318 g/mol. The highest BCUT2D eigenvalue weighted by molar-refractivity contribution is 5.98. The molecule has 6 nitrogen and oxygen atoms in total. The molecule has 1 aliphatic rings. The summed E-state index contributed by atoms with van der Waals surface area (Å²) >= 11 is 0. The Morgan fingerprint density at radius 3 is 2.73 bits per heavy atom. The van der Waals surface area contributed by atoms with E-state index in [-0.39, 0.29) is 36.6 Å². The molecular weight excluding hydrogens is 305 g/mol. The van der Waals surface area contributed by atoms with E-state index in [0.29, 0.717) is 0 Å². The summed E-state index contributed by atoms with van der Waals surface area (Å²) in [5.41, 5.74) is 5.00. The second-order valence-corrected chi connectivity index (χ2v) is 4.72. The summed E-state index contributed by atoms with van der Waals surface area (Å²) in [6.45, 7) is -0.452. The number of nitrogens with zero attached hydrogens (tertiary/aromatic N) is 1. The molecule has 3 N–H and O–H groups in total. The predicted molar refractivity (Wildman–Crippen MR) is 69.5 cm³/mol. The lowest BCUT2D eigenvalue weighted by atomic mass is 10.0. The average Bonchev–Trinajstić information content (AvgIpc) is 2.43. The Balaban J connectivity index is 2.35. The Morgan fingerprint density at radius 1 is 1.45 bits per heavy atom. The molecule has 0 bridgehead atoms. The van der Waals surface area contributed by atoms with Crippen molar-refractivity contribution in [3.63, 3.8) is 0 Å². The maximum atomic E-state index is 12.7. The quantitative estimate of drug-likeness (QED) is 0.876. The van der Waals surface area contributed by atoms with Gasteiger partial charge in [0, 0.05) is 6.54 Å². The van der Waals surface area contributed by atoms with Crippen LogP contribution in [0.3, 0.4) is 0 Å². The zero-order valence-corrected chi connectivity index (χ0v) is 11.3. The molecule has 0 aliphatic carbocycles. The van der Waals surface area contributed by atoms with Gasteiger partial charge in [0.15, 0.2) is 6.61 Å². The van der Waals surface area contributed by atoms with E-state index in [1.54, 1.807) is 0 Å². The topological polar surface area (TPSA) is 92.9 Å². The smallest absolute Gasteiger partial charge is 0.407 e. The third kappa shape index (κ3) is 3.30. The summed E-state index contributed by atoms with van der Waals surface area (Å²) in [6, 6.07) is 1.36. The molecule has 0 radical (unpaired) electrons. The Hall–Kier alpha value is -2.29. The van der Waals surface area contributed by atoms with Gasteiger partial charge in [-0.15, -0.1) is 0 Å². The number of amides is 1. The lowest BCUT2D eigenvalue weighted by Crippen LogP contribution is -2.40. The van der Waals surface area contributed by atoms with Gasteiger partial charge in [-0.1, -0.05) is 6.07 Å². The molecule has 1 unspecified atom stereocenters. The van der Waals surface area contributed by atoms with E-state index in [1.807, 2.05) is 0 Å². The summed E-state index contributed by atoms with van der Waals surface area (Å²) in [5.74, 6) is -1.43. The number of hydrogen-bond donors (Lipinski definition) is 2. The van der Waals surface area contributed by atoms with Crippen molar-refractivity contribution in [1.82, 2.24) is 0 Å². The van der Waals surface area contributed by atoms with E-state index in [2.05, 4.69) is 0 Å². The number of fused-ring (bicyclic) bond motifs is 1. The number of nitrogens with two attached hydrogens (primary N) is 1. The van der Waals surface area contributed by atoms with Gasteiger partial charge in [0.25, 0.3) is 5.91 Å². The molecule has 22 heavy (non-hydrogen) atoms. The lowest BCUT2D eigenvalue weighted by molar-refractivity contribution is -0.149. The molecule has 0 aromatic heterocycles. The van der Waals surface area contributed by atoms with E-state index in [0.717, 1.165) is 11.0 Å². The van der Waals surface area contributed by atoms with Crippen LogP contribution in [0.25, 0.3) is 0 Å². The maximum Gasteiger partial charge on any atom is 0.407 e. The Kier molecular flexibility index (Phi) is 4.27. The first-order valence-electron chi connectivity index (χ1n) is 6.31. The number of anilines is 1. The predicted octanol–water partition coefficient (Wildman–Crippen LogP) is 1.45. The van der Waals surface area contributed by atoms with Crippen LogP contribution in [-0.2, 0) is 9.59 Å². The molecular formula is C13H13F3N2O4. The molecule has 1 atom stereocenters. The zero-order valence-electron chi connectivity index (χ0n) is 11.3. The summed E-state index contributed by atoms with van der Waals surface area (Å²) in [6.07, 6.45) is -4.96. The molecule has 1 aromatic rings. The van der Waals surface area contributed by atoms with Crippen LogP contribution in [0.1, 0.15) is 18.0 Å². The summed E-state index contributed by atoms with van der Waals surface area (Å²) < 4.78 is 43.2. The van der Waals surface area contributed by atoms with Gasteiger partial charge in [-0.05, 0) is 17.7 Å². The fraction of sp³-hybridized carbons (Fsp3) is 0.385. The van der Waals surface area contributed by atoms with E-state index in [1.165, 1.54) is 12.1 Å². The first-order valence-corrected chi connectivity index (χ1v) is 6.31. The normalized spacial score (nSPS) is 16.0. The molecule has 1 heterocycles. The van der Waals surface area contributed by atoms with Crippen molar-refractivity contribution in [1.29, 1.82) is 0 Å². The van der Waals surface area contributed by atoms with Crippen molar-refractivity contribution in [2.75, 3.05) is 18.1 Å². The Bertz CT molecular complexity index is 603. The van der Waals surface area contributed by atoms with Crippen molar-refractivity contribution >= 4 is 17.6 Å². The van der Waals surface area contributed by atoms with Crippen LogP contribution in [-0.4, -0.2) is 36.3 Å². The summed E-state index contributed by atoms with van der Waals surface area (Å²) in [4.78, 5) is 23.5. The maximum absolute atomic E-state index is 12.7. The molecule has 1 aromatic carbocycles. The molecule has 120 valence electrons. The van der Waals surface area contributed by atoms with Crippen LogP contribution in [0.15, 0.2) is 18.2 Å². The second-order valence-electron chi connectivity index (χ2n) is 4.72. The minimum Gasteiger partial charge on any atom is -0.482 e. The molecule has 9 heteroatoms. The number of carboxylic acid groups (broad SMARTS) is 1. The number of halogens is 3. The fourth-order valence-corrected chi connectivity index (χ4v) is 2.05. The number of alkyl halides is 3. The first kappa shape index (κ1) is 16.1. The highest BCUT2D eigenvalue weighted by Gasteiger charge is 2.38. The number of carbonyl (C=O) groups is 2. The van der Waals surface area contributed by atoms with Crippen LogP contribution in [0.2, 0.25) is 0 Å². The minimum atomic E-state index is -4.63. The number of aliphatic carboxylic acids is 1. The van der Waals surface area contributed by atoms with Gasteiger partial charge in [0.2, 0.25) is 0 Å². The van der Waals surface area contributed by atoms with Crippen molar-refractivity contribution in [2.45, 2.75) is 18.6 Å². The molecule has 0 spiro atoms.